The summed E-state index contributed by atoms with van der Waals surface area (Å²) in [7, 11) is 0. The molecule has 2 N–H and O–H groups in total. The number of aryl methyl sites for hydroxylation is 1. The lowest BCUT2D eigenvalue weighted by Crippen LogP contribution is -2.03. The minimum Gasteiger partial charge on any atom is -0.397 e. The van der Waals surface area contributed by atoms with E-state index in [-0.39, 0.29) is 5.82 Å². The van der Waals surface area contributed by atoms with E-state index in [2.05, 4.69) is 6.07 Å². The number of hydrogen-bond acceptors (Lipinski definition) is 2. The van der Waals surface area contributed by atoms with Gasteiger partial charge in [0, 0.05) is 5.56 Å². The molecule has 2 nitrogen and oxygen atoms in total. The molecule has 0 aliphatic rings. The molecule has 0 fully saturated rings. The number of benzene rings is 2. The SMILES string of the molecule is Cc1ccc(F)cc1/C(N)=C(/C#N)c1ccccc1. The van der Waals surface area contributed by atoms with Crippen LogP contribution in [0.5, 0.6) is 0 Å². The molecule has 0 aliphatic heterocycles. The fourth-order valence-electron chi connectivity index (χ4n) is 1.90. The Bertz CT molecular complexity index is 667. The molecule has 2 rings (SSSR count). The Labute approximate surface area is 111 Å². The lowest BCUT2D eigenvalue weighted by atomic mass is 9.98. The standard InChI is InChI=1S/C16H13FN2/c1-11-7-8-13(17)9-14(11)16(19)15(10-18)12-5-3-2-4-6-12/h2-9H,19H2,1H3/b16-15+. The smallest absolute Gasteiger partial charge is 0.123 e. The summed E-state index contributed by atoms with van der Waals surface area (Å²) in [4.78, 5) is 0. The van der Waals surface area contributed by atoms with Crippen LogP contribution in [0.2, 0.25) is 0 Å². The maximum Gasteiger partial charge on any atom is 0.123 e. The second-order valence-corrected chi connectivity index (χ2v) is 4.23. The van der Waals surface area contributed by atoms with Crippen LogP contribution in [-0.4, -0.2) is 0 Å². The topological polar surface area (TPSA) is 49.8 Å². The molecule has 0 bridgehead atoms. The van der Waals surface area contributed by atoms with Gasteiger partial charge in [0.2, 0.25) is 0 Å². The quantitative estimate of drug-likeness (QED) is 0.657. The summed E-state index contributed by atoms with van der Waals surface area (Å²) in [6.07, 6.45) is 0. The maximum absolute atomic E-state index is 13.3. The fourth-order valence-corrected chi connectivity index (χ4v) is 1.90. The second kappa shape index (κ2) is 5.36. The first-order chi connectivity index (χ1) is 9.13. The Kier molecular flexibility index (Phi) is 3.63. The zero-order chi connectivity index (χ0) is 13.8. The van der Waals surface area contributed by atoms with Gasteiger partial charge in [-0.25, -0.2) is 4.39 Å². The molecule has 0 saturated carbocycles. The minimum atomic E-state index is -0.367. The van der Waals surface area contributed by atoms with Crippen LogP contribution in [0.15, 0.2) is 48.5 Å². The van der Waals surface area contributed by atoms with E-state index in [1.807, 2.05) is 25.1 Å². The summed E-state index contributed by atoms with van der Waals surface area (Å²) in [5.41, 5.74) is 8.81. The van der Waals surface area contributed by atoms with E-state index in [4.69, 9.17) is 5.73 Å². The van der Waals surface area contributed by atoms with Crippen molar-refractivity contribution in [1.82, 2.24) is 0 Å². The Morgan fingerprint density at radius 1 is 1.16 bits per heavy atom. The van der Waals surface area contributed by atoms with Gasteiger partial charge in [0.05, 0.1) is 11.3 Å². The van der Waals surface area contributed by atoms with Crippen LogP contribution in [0.4, 0.5) is 4.39 Å². The molecule has 0 saturated heterocycles. The molecule has 19 heavy (non-hydrogen) atoms. The van der Waals surface area contributed by atoms with Crippen LogP contribution in [0.1, 0.15) is 16.7 Å². The molecule has 0 spiro atoms. The molecule has 0 atom stereocenters. The third-order valence-electron chi connectivity index (χ3n) is 2.93. The Morgan fingerprint density at radius 3 is 2.47 bits per heavy atom. The number of rotatable bonds is 2. The van der Waals surface area contributed by atoms with Crippen molar-refractivity contribution in [2.75, 3.05) is 0 Å². The molecule has 0 heterocycles. The van der Waals surface area contributed by atoms with Crippen molar-refractivity contribution in [3.8, 4) is 6.07 Å². The number of nitrogens with zero attached hydrogens (tertiary/aromatic N) is 1. The molecular weight excluding hydrogens is 239 g/mol. The van der Waals surface area contributed by atoms with Gasteiger partial charge in [-0.15, -0.1) is 0 Å². The van der Waals surface area contributed by atoms with Gasteiger partial charge >= 0.3 is 0 Å². The van der Waals surface area contributed by atoms with E-state index in [1.165, 1.54) is 12.1 Å². The van der Waals surface area contributed by atoms with Crippen molar-refractivity contribution in [3.63, 3.8) is 0 Å². The second-order valence-electron chi connectivity index (χ2n) is 4.23. The summed E-state index contributed by atoms with van der Waals surface area (Å²) < 4.78 is 13.3. The fraction of sp³-hybridized carbons (Fsp3) is 0.0625. The minimum absolute atomic E-state index is 0.297. The first-order valence-electron chi connectivity index (χ1n) is 5.85. The van der Waals surface area contributed by atoms with Crippen LogP contribution in [-0.2, 0) is 0 Å². The predicted octanol–water partition coefficient (Wildman–Crippen LogP) is 3.48. The first-order valence-corrected chi connectivity index (χ1v) is 5.85. The number of allylic oxidation sites excluding steroid dienone is 1. The van der Waals surface area contributed by atoms with E-state index in [0.717, 1.165) is 11.1 Å². The summed E-state index contributed by atoms with van der Waals surface area (Å²) in [6.45, 7) is 1.83. The summed E-state index contributed by atoms with van der Waals surface area (Å²) in [5, 5.41) is 9.29. The number of hydrogen-bond donors (Lipinski definition) is 1. The molecule has 0 radical (unpaired) electrons. The highest BCUT2D eigenvalue weighted by Gasteiger charge is 2.11. The maximum atomic E-state index is 13.3. The van der Waals surface area contributed by atoms with Gasteiger partial charge in [-0.3, -0.25) is 0 Å². The molecule has 94 valence electrons. The normalized spacial score (nSPS) is 11.6. The summed E-state index contributed by atoms with van der Waals surface area (Å²) in [6, 6.07) is 15.6. The van der Waals surface area contributed by atoms with Crippen molar-refractivity contribution in [2.24, 2.45) is 5.73 Å². The van der Waals surface area contributed by atoms with E-state index in [9.17, 15) is 9.65 Å². The zero-order valence-electron chi connectivity index (χ0n) is 10.5. The summed E-state index contributed by atoms with van der Waals surface area (Å²) >= 11 is 0. The van der Waals surface area contributed by atoms with E-state index < -0.39 is 0 Å². The average molecular weight is 252 g/mol. The third kappa shape index (κ3) is 2.63. The van der Waals surface area contributed by atoms with Crippen LogP contribution in [0, 0.1) is 24.1 Å². The lowest BCUT2D eigenvalue weighted by molar-refractivity contribution is 0.627. The van der Waals surface area contributed by atoms with Crippen molar-refractivity contribution < 1.29 is 4.39 Å². The van der Waals surface area contributed by atoms with E-state index >= 15 is 0 Å². The number of nitrogens with two attached hydrogens (primary N) is 1. The van der Waals surface area contributed by atoms with Gasteiger partial charge in [0.1, 0.15) is 11.9 Å². The van der Waals surface area contributed by atoms with Crippen LogP contribution >= 0.6 is 0 Å². The Balaban J connectivity index is 2.62. The third-order valence-corrected chi connectivity index (χ3v) is 2.93. The van der Waals surface area contributed by atoms with Crippen molar-refractivity contribution in [2.45, 2.75) is 6.92 Å². The van der Waals surface area contributed by atoms with Crippen LogP contribution in [0.25, 0.3) is 11.3 Å². The molecule has 3 heteroatoms. The predicted molar refractivity (Wildman–Crippen MR) is 74.2 cm³/mol. The van der Waals surface area contributed by atoms with Gasteiger partial charge in [-0.2, -0.15) is 5.26 Å². The van der Waals surface area contributed by atoms with Crippen molar-refractivity contribution in [1.29, 1.82) is 5.26 Å². The van der Waals surface area contributed by atoms with Gasteiger partial charge < -0.3 is 5.73 Å². The van der Waals surface area contributed by atoms with Gasteiger partial charge in [-0.05, 0) is 30.2 Å². The van der Waals surface area contributed by atoms with Crippen LogP contribution < -0.4 is 5.73 Å². The lowest BCUT2D eigenvalue weighted by Gasteiger charge is -2.09. The highest BCUT2D eigenvalue weighted by Crippen LogP contribution is 2.24. The molecule has 0 aromatic heterocycles. The molecular formula is C16H13FN2. The van der Waals surface area contributed by atoms with Crippen LogP contribution in [0.3, 0.4) is 0 Å². The molecule has 2 aromatic carbocycles. The monoisotopic (exact) mass is 252 g/mol. The average Bonchev–Trinajstić information content (AvgIpc) is 2.43. The van der Waals surface area contributed by atoms with E-state index in [1.54, 1.807) is 18.2 Å². The Morgan fingerprint density at radius 2 is 1.84 bits per heavy atom. The van der Waals surface area contributed by atoms with Gasteiger partial charge in [-0.1, -0.05) is 36.4 Å². The van der Waals surface area contributed by atoms with Crippen molar-refractivity contribution in [3.05, 3.63) is 71.0 Å². The van der Waals surface area contributed by atoms with Gasteiger partial charge in [0.25, 0.3) is 0 Å². The number of nitriles is 1. The summed E-state index contributed by atoms with van der Waals surface area (Å²) in [5.74, 6) is -0.367. The largest absolute Gasteiger partial charge is 0.397 e. The molecule has 0 unspecified atom stereocenters. The highest BCUT2D eigenvalue weighted by atomic mass is 19.1. The van der Waals surface area contributed by atoms with Crippen molar-refractivity contribution >= 4 is 11.3 Å². The zero-order valence-corrected chi connectivity index (χ0v) is 10.5. The molecule has 0 aliphatic carbocycles. The number of halogens is 1. The molecule has 0 amide bonds. The molecule has 2 aromatic rings. The van der Waals surface area contributed by atoms with Gasteiger partial charge in [0.15, 0.2) is 0 Å². The Hall–Kier alpha value is -2.60. The highest BCUT2D eigenvalue weighted by molar-refractivity contribution is 5.96. The first kappa shape index (κ1) is 12.8. The van der Waals surface area contributed by atoms with E-state index in [0.29, 0.717) is 16.8 Å².